The smallest absolute Gasteiger partial charge is 0.435 e. The first-order chi connectivity index (χ1) is 9.76. The third kappa shape index (κ3) is 3.65. The summed E-state index contributed by atoms with van der Waals surface area (Å²) in [6.07, 6.45) is 0.863. The normalized spacial score (nSPS) is 11.2. The van der Waals surface area contributed by atoms with Crippen LogP contribution in [0.5, 0.6) is 0 Å². The highest BCUT2D eigenvalue weighted by Gasteiger charge is 2.19. The number of carbonyl (C=O) groups excluding carboxylic acids is 1. The average molecular weight is 289 g/mol. The number of hydrogen-bond donors (Lipinski definition) is 0. The quantitative estimate of drug-likeness (QED) is 0.625. The van der Waals surface area contributed by atoms with Crippen molar-refractivity contribution in [3.8, 4) is 11.3 Å². The largest absolute Gasteiger partial charge is 0.442 e. The molecule has 0 aliphatic rings. The molecule has 0 N–H and O–H groups in total. The lowest BCUT2D eigenvalue weighted by Crippen LogP contribution is -2.27. The Morgan fingerprint density at radius 3 is 2.67 bits per heavy atom. The van der Waals surface area contributed by atoms with Gasteiger partial charge in [-0.3, -0.25) is 10.1 Å². The van der Waals surface area contributed by atoms with Crippen LogP contribution in [0.4, 0.5) is 10.5 Å². The average Bonchev–Trinajstić information content (AvgIpc) is 2.86. The summed E-state index contributed by atoms with van der Waals surface area (Å²) in [6, 6.07) is 7.66. The topological polar surface area (TPSA) is 87.3 Å². The molecule has 0 saturated carbocycles. The van der Waals surface area contributed by atoms with Gasteiger partial charge in [0.05, 0.1) is 10.6 Å². The molecule has 2 aromatic rings. The Bertz CT molecular complexity index is 686. The number of rotatable bonds is 2. The van der Waals surface area contributed by atoms with Gasteiger partial charge in [0, 0.05) is 23.9 Å². The first-order valence-corrected chi connectivity index (χ1v) is 6.30. The zero-order chi connectivity index (χ0) is 15.6. The van der Waals surface area contributed by atoms with Gasteiger partial charge in [0.2, 0.25) is 0 Å². The van der Waals surface area contributed by atoms with Crippen LogP contribution >= 0.6 is 0 Å². The SMILES string of the molecule is CC(C)(C)OC(=O)n1ccc(-c2cccc([N+](=O)[O-])c2)n1. The van der Waals surface area contributed by atoms with Crippen molar-refractivity contribution >= 4 is 11.8 Å². The van der Waals surface area contributed by atoms with E-state index in [2.05, 4.69) is 5.10 Å². The summed E-state index contributed by atoms with van der Waals surface area (Å²) in [5.41, 5.74) is 0.379. The molecule has 0 aliphatic heterocycles. The molecule has 0 unspecified atom stereocenters. The molecule has 1 aromatic carbocycles. The fourth-order valence-corrected chi connectivity index (χ4v) is 1.67. The Kier molecular flexibility index (Phi) is 3.75. The molecule has 0 spiro atoms. The molecule has 2 rings (SSSR count). The third-order valence-corrected chi connectivity index (χ3v) is 2.52. The summed E-state index contributed by atoms with van der Waals surface area (Å²) in [5.74, 6) is 0. The lowest BCUT2D eigenvalue weighted by atomic mass is 10.1. The van der Waals surface area contributed by atoms with Gasteiger partial charge in [-0.25, -0.2) is 4.79 Å². The van der Waals surface area contributed by atoms with Crippen LogP contribution in [0.3, 0.4) is 0 Å². The van der Waals surface area contributed by atoms with E-state index in [0.29, 0.717) is 11.3 Å². The monoisotopic (exact) mass is 289 g/mol. The van der Waals surface area contributed by atoms with Crippen LogP contribution in [0.1, 0.15) is 20.8 Å². The fraction of sp³-hybridized carbons (Fsp3) is 0.286. The third-order valence-electron chi connectivity index (χ3n) is 2.52. The molecule has 0 aliphatic carbocycles. The van der Waals surface area contributed by atoms with E-state index >= 15 is 0 Å². The molecule has 0 bridgehead atoms. The molecule has 0 amide bonds. The van der Waals surface area contributed by atoms with Gasteiger partial charge in [0.15, 0.2) is 0 Å². The zero-order valence-corrected chi connectivity index (χ0v) is 11.9. The van der Waals surface area contributed by atoms with Crippen molar-refractivity contribution in [2.75, 3.05) is 0 Å². The zero-order valence-electron chi connectivity index (χ0n) is 11.9. The summed E-state index contributed by atoms with van der Waals surface area (Å²) in [4.78, 5) is 22.1. The number of hydrogen-bond acceptors (Lipinski definition) is 5. The highest BCUT2D eigenvalue weighted by Crippen LogP contribution is 2.22. The van der Waals surface area contributed by atoms with E-state index < -0.39 is 16.6 Å². The Hall–Kier alpha value is -2.70. The minimum Gasteiger partial charge on any atom is -0.442 e. The van der Waals surface area contributed by atoms with E-state index in [1.807, 2.05) is 0 Å². The van der Waals surface area contributed by atoms with Gasteiger partial charge in [-0.2, -0.15) is 9.78 Å². The molecule has 0 fully saturated rings. The molecule has 1 heterocycles. The Balaban J connectivity index is 2.26. The molecule has 110 valence electrons. The van der Waals surface area contributed by atoms with Crippen LogP contribution in [0.25, 0.3) is 11.3 Å². The second-order valence-electron chi connectivity index (χ2n) is 5.43. The summed E-state index contributed by atoms with van der Waals surface area (Å²) in [7, 11) is 0. The second-order valence-corrected chi connectivity index (χ2v) is 5.43. The molecule has 0 saturated heterocycles. The van der Waals surface area contributed by atoms with Gasteiger partial charge in [-0.1, -0.05) is 12.1 Å². The molecular weight excluding hydrogens is 274 g/mol. The molecule has 0 atom stereocenters. The number of nitro benzene ring substituents is 1. The first-order valence-electron chi connectivity index (χ1n) is 6.30. The number of benzene rings is 1. The van der Waals surface area contributed by atoms with Crippen LogP contribution in [0.15, 0.2) is 36.5 Å². The second kappa shape index (κ2) is 5.35. The predicted molar refractivity (Wildman–Crippen MR) is 75.9 cm³/mol. The predicted octanol–water partition coefficient (Wildman–Crippen LogP) is 3.24. The number of carbonyl (C=O) groups is 1. The molecule has 7 heteroatoms. The van der Waals surface area contributed by atoms with Crippen LogP contribution in [-0.4, -0.2) is 26.4 Å². The summed E-state index contributed by atoms with van der Waals surface area (Å²) in [5, 5.41) is 14.8. The van der Waals surface area contributed by atoms with E-state index in [1.54, 1.807) is 39.0 Å². The molecular formula is C14H15N3O4. The molecule has 21 heavy (non-hydrogen) atoms. The van der Waals surface area contributed by atoms with Gasteiger partial charge in [0.1, 0.15) is 5.60 Å². The van der Waals surface area contributed by atoms with Gasteiger partial charge >= 0.3 is 6.09 Å². The van der Waals surface area contributed by atoms with Crippen molar-refractivity contribution < 1.29 is 14.5 Å². The van der Waals surface area contributed by atoms with Crippen LogP contribution in [-0.2, 0) is 4.74 Å². The van der Waals surface area contributed by atoms with Crippen LogP contribution in [0.2, 0.25) is 0 Å². The van der Waals surface area contributed by atoms with Crippen molar-refractivity contribution in [3.05, 3.63) is 46.6 Å². The van der Waals surface area contributed by atoms with Gasteiger partial charge in [-0.05, 0) is 26.8 Å². The van der Waals surface area contributed by atoms with Crippen molar-refractivity contribution in [2.24, 2.45) is 0 Å². The minimum atomic E-state index is -0.616. The fourth-order valence-electron chi connectivity index (χ4n) is 1.67. The summed E-state index contributed by atoms with van der Waals surface area (Å²) < 4.78 is 6.26. The molecule has 1 aromatic heterocycles. The maximum absolute atomic E-state index is 11.9. The lowest BCUT2D eigenvalue weighted by Gasteiger charge is -2.18. The van der Waals surface area contributed by atoms with Crippen molar-refractivity contribution in [1.29, 1.82) is 0 Å². The Morgan fingerprint density at radius 2 is 2.05 bits per heavy atom. The number of non-ortho nitro benzene ring substituents is 1. The number of nitro groups is 1. The number of nitrogens with zero attached hydrogens (tertiary/aromatic N) is 3. The van der Waals surface area contributed by atoms with Gasteiger partial charge in [-0.15, -0.1) is 0 Å². The van der Waals surface area contributed by atoms with E-state index in [1.165, 1.54) is 18.3 Å². The summed E-state index contributed by atoms with van der Waals surface area (Å²) in [6.45, 7) is 5.28. The van der Waals surface area contributed by atoms with E-state index in [9.17, 15) is 14.9 Å². The Labute approximate surface area is 121 Å². The highest BCUT2D eigenvalue weighted by atomic mass is 16.6. The number of aromatic nitrogens is 2. The van der Waals surface area contributed by atoms with E-state index in [0.717, 1.165) is 4.68 Å². The maximum Gasteiger partial charge on any atom is 0.435 e. The van der Waals surface area contributed by atoms with Crippen molar-refractivity contribution in [3.63, 3.8) is 0 Å². The van der Waals surface area contributed by atoms with E-state index in [4.69, 9.17) is 4.74 Å². The van der Waals surface area contributed by atoms with Crippen molar-refractivity contribution in [2.45, 2.75) is 26.4 Å². The standard InChI is InChI=1S/C14H15N3O4/c1-14(2,3)21-13(18)16-8-7-12(15-16)10-5-4-6-11(9-10)17(19)20/h4-9H,1-3H3. The van der Waals surface area contributed by atoms with Gasteiger partial charge < -0.3 is 4.74 Å². The van der Waals surface area contributed by atoms with E-state index in [-0.39, 0.29) is 5.69 Å². The van der Waals surface area contributed by atoms with Crippen molar-refractivity contribution in [1.82, 2.24) is 9.78 Å². The van der Waals surface area contributed by atoms with Crippen LogP contribution in [0, 0.1) is 10.1 Å². The molecule has 0 radical (unpaired) electrons. The number of ether oxygens (including phenoxy) is 1. The highest BCUT2D eigenvalue weighted by molar-refractivity contribution is 5.71. The molecule has 7 nitrogen and oxygen atoms in total. The maximum atomic E-state index is 11.9. The minimum absolute atomic E-state index is 0.0284. The summed E-state index contributed by atoms with van der Waals surface area (Å²) >= 11 is 0. The van der Waals surface area contributed by atoms with Crippen LogP contribution < -0.4 is 0 Å². The lowest BCUT2D eigenvalue weighted by molar-refractivity contribution is -0.384. The van der Waals surface area contributed by atoms with Gasteiger partial charge in [0.25, 0.3) is 5.69 Å². The Morgan fingerprint density at radius 1 is 1.33 bits per heavy atom. The first kappa shape index (κ1) is 14.7.